The van der Waals surface area contributed by atoms with Crippen molar-refractivity contribution in [2.24, 2.45) is 0 Å². The number of hydrogen-bond acceptors (Lipinski definition) is 4. The molecule has 3 rings (SSSR count). The lowest BCUT2D eigenvalue weighted by atomic mass is 10.1. The van der Waals surface area contributed by atoms with Crippen molar-refractivity contribution in [1.29, 1.82) is 0 Å². The van der Waals surface area contributed by atoms with Crippen LogP contribution in [-0.2, 0) is 22.6 Å². The molecule has 0 spiro atoms. The molecule has 2 atom stereocenters. The molecule has 0 saturated carbocycles. The molecule has 0 bridgehead atoms. The summed E-state index contributed by atoms with van der Waals surface area (Å²) in [5, 5.41) is 12.1. The summed E-state index contributed by atoms with van der Waals surface area (Å²) in [5.74, 6) is -0.299. The topological polar surface area (TPSA) is 78.9 Å². The van der Waals surface area contributed by atoms with Crippen LogP contribution in [0.15, 0.2) is 54.6 Å². The second kappa shape index (κ2) is 8.68. The fourth-order valence-corrected chi connectivity index (χ4v) is 3.37. The first-order valence-corrected chi connectivity index (χ1v) is 9.00. The Labute approximate surface area is 158 Å². The zero-order valence-electron chi connectivity index (χ0n) is 15.3. The highest BCUT2D eigenvalue weighted by atomic mass is 16.5. The van der Waals surface area contributed by atoms with Crippen molar-refractivity contribution in [3.8, 4) is 5.75 Å². The molecule has 1 aliphatic heterocycles. The summed E-state index contributed by atoms with van der Waals surface area (Å²) >= 11 is 0. The number of para-hydroxylation sites is 1. The smallest absolute Gasteiger partial charge is 0.320 e. The number of nitrogens with zero attached hydrogens (tertiary/aromatic N) is 1. The lowest BCUT2D eigenvalue weighted by Crippen LogP contribution is -2.37. The minimum Gasteiger partial charge on any atom is -0.489 e. The van der Waals surface area contributed by atoms with Gasteiger partial charge in [-0.2, -0.15) is 0 Å². The van der Waals surface area contributed by atoms with E-state index in [-0.39, 0.29) is 18.4 Å². The maximum absolute atomic E-state index is 12.4. The van der Waals surface area contributed by atoms with E-state index in [1.54, 1.807) is 11.9 Å². The number of carboxylic acids is 1. The quantitative estimate of drug-likeness (QED) is 0.782. The number of hydrogen-bond donors (Lipinski definition) is 2. The van der Waals surface area contributed by atoms with E-state index in [0.29, 0.717) is 25.3 Å². The van der Waals surface area contributed by atoms with Crippen LogP contribution in [0.25, 0.3) is 0 Å². The van der Waals surface area contributed by atoms with Crippen molar-refractivity contribution in [3.63, 3.8) is 0 Å². The molecule has 27 heavy (non-hydrogen) atoms. The Balaban J connectivity index is 1.57. The van der Waals surface area contributed by atoms with Gasteiger partial charge >= 0.3 is 5.97 Å². The first-order valence-electron chi connectivity index (χ1n) is 9.00. The summed E-state index contributed by atoms with van der Waals surface area (Å²) in [6.07, 6.45) is 0.618. The Hall–Kier alpha value is -2.86. The number of ether oxygens (including phenoxy) is 1. The molecule has 2 aromatic rings. The number of carboxylic acid groups (broad SMARTS) is 1. The Bertz CT molecular complexity index is 794. The van der Waals surface area contributed by atoms with Gasteiger partial charge in [0, 0.05) is 18.2 Å². The van der Waals surface area contributed by atoms with Crippen LogP contribution in [0, 0.1) is 0 Å². The zero-order chi connectivity index (χ0) is 19.2. The van der Waals surface area contributed by atoms with Gasteiger partial charge in [-0.25, -0.2) is 0 Å². The van der Waals surface area contributed by atoms with Crippen LogP contribution in [0.2, 0.25) is 0 Å². The maximum Gasteiger partial charge on any atom is 0.320 e. The van der Waals surface area contributed by atoms with E-state index in [1.165, 1.54) is 0 Å². The molecule has 1 aliphatic rings. The molecule has 142 valence electrons. The number of likely N-dealkylation sites (N-methyl/N-ethyl adjacent to an activating group) is 1. The number of carbonyl (C=O) groups is 2. The summed E-state index contributed by atoms with van der Waals surface area (Å²) in [5.41, 5.74) is 1.87. The average molecular weight is 368 g/mol. The number of carbonyl (C=O) groups excluding carboxylic acids is 1. The van der Waals surface area contributed by atoms with Crippen LogP contribution in [0.4, 0.5) is 0 Å². The maximum atomic E-state index is 12.4. The molecule has 6 nitrogen and oxygen atoms in total. The van der Waals surface area contributed by atoms with E-state index in [9.17, 15) is 14.7 Å². The van der Waals surface area contributed by atoms with Crippen molar-refractivity contribution in [3.05, 3.63) is 65.7 Å². The molecule has 2 N–H and O–H groups in total. The first kappa shape index (κ1) is 18.9. The van der Waals surface area contributed by atoms with Gasteiger partial charge in [-0.15, -0.1) is 0 Å². The molecule has 0 radical (unpaired) electrons. The van der Waals surface area contributed by atoms with Crippen molar-refractivity contribution in [2.75, 3.05) is 13.6 Å². The summed E-state index contributed by atoms with van der Waals surface area (Å²) in [6.45, 7) is 0.974. The largest absolute Gasteiger partial charge is 0.489 e. The molecule has 1 saturated heterocycles. The van der Waals surface area contributed by atoms with E-state index >= 15 is 0 Å². The fourth-order valence-electron chi connectivity index (χ4n) is 3.37. The Morgan fingerprint density at radius 3 is 2.56 bits per heavy atom. The predicted molar refractivity (Wildman–Crippen MR) is 102 cm³/mol. The lowest BCUT2D eigenvalue weighted by molar-refractivity contribution is -0.141. The summed E-state index contributed by atoms with van der Waals surface area (Å²) < 4.78 is 5.89. The standard InChI is InChI=1S/C21H24N2O4/c1-23-13-17(12-18(23)21(25)26)22-20(24)11-16-9-5-6-10-19(16)27-14-15-7-3-2-4-8-15/h2-10,17-18H,11-14H2,1H3,(H,22,24)(H,25,26). The van der Waals surface area contributed by atoms with Crippen molar-refractivity contribution < 1.29 is 19.4 Å². The van der Waals surface area contributed by atoms with Gasteiger partial charge in [-0.3, -0.25) is 14.5 Å². The SMILES string of the molecule is CN1CC(NC(=O)Cc2ccccc2OCc2ccccc2)CC1C(=O)O. The number of benzene rings is 2. The Morgan fingerprint density at radius 2 is 1.85 bits per heavy atom. The van der Waals surface area contributed by atoms with Crippen LogP contribution >= 0.6 is 0 Å². The highest BCUT2D eigenvalue weighted by Gasteiger charge is 2.35. The van der Waals surface area contributed by atoms with Gasteiger partial charge in [0.1, 0.15) is 18.4 Å². The Kier molecular flexibility index (Phi) is 6.08. The molecule has 1 fully saturated rings. The summed E-state index contributed by atoms with van der Waals surface area (Å²) in [6, 6.07) is 16.6. The Morgan fingerprint density at radius 1 is 1.15 bits per heavy atom. The second-order valence-electron chi connectivity index (χ2n) is 6.85. The zero-order valence-corrected chi connectivity index (χ0v) is 15.3. The first-order chi connectivity index (χ1) is 13.0. The van der Waals surface area contributed by atoms with Crippen LogP contribution in [0.3, 0.4) is 0 Å². The van der Waals surface area contributed by atoms with Gasteiger partial charge in [-0.05, 0) is 25.1 Å². The third kappa shape index (κ3) is 5.08. The van der Waals surface area contributed by atoms with E-state index < -0.39 is 12.0 Å². The molecule has 2 aromatic carbocycles. The minimum atomic E-state index is -0.853. The second-order valence-corrected chi connectivity index (χ2v) is 6.85. The van der Waals surface area contributed by atoms with E-state index in [2.05, 4.69) is 5.32 Å². The minimum absolute atomic E-state index is 0.129. The molecule has 6 heteroatoms. The number of amides is 1. The molecule has 0 aliphatic carbocycles. The predicted octanol–water partition coefficient (Wildman–Crippen LogP) is 2.08. The monoisotopic (exact) mass is 368 g/mol. The van der Waals surface area contributed by atoms with Crippen LogP contribution in [-0.4, -0.2) is 47.6 Å². The third-order valence-corrected chi connectivity index (χ3v) is 4.76. The van der Waals surface area contributed by atoms with Gasteiger partial charge in [0.25, 0.3) is 0 Å². The number of nitrogens with one attached hydrogen (secondary N) is 1. The van der Waals surface area contributed by atoms with Gasteiger partial charge < -0.3 is 15.2 Å². The third-order valence-electron chi connectivity index (χ3n) is 4.76. The van der Waals surface area contributed by atoms with E-state index in [1.807, 2.05) is 54.6 Å². The highest BCUT2D eigenvalue weighted by Crippen LogP contribution is 2.21. The molecular formula is C21H24N2O4. The number of likely N-dealkylation sites (tertiary alicyclic amines) is 1. The van der Waals surface area contributed by atoms with Gasteiger partial charge in [0.15, 0.2) is 0 Å². The van der Waals surface area contributed by atoms with Crippen LogP contribution < -0.4 is 10.1 Å². The van der Waals surface area contributed by atoms with E-state index in [4.69, 9.17) is 4.74 Å². The molecule has 1 heterocycles. The molecule has 2 unspecified atom stereocenters. The molecular weight excluding hydrogens is 344 g/mol. The van der Waals surface area contributed by atoms with Crippen LogP contribution in [0.1, 0.15) is 17.5 Å². The lowest BCUT2D eigenvalue weighted by Gasteiger charge is -2.15. The average Bonchev–Trinajstić information content (AvgIpc) is 3.02. The van der Waals surface area contributed by atoms with Crippen molar-refractivity contribution >= 4 is 11.9 Å². The normalized spacial score (nSPS) is 19.6. The van der Waals surface area contributed by atoms with Gasteiger partial charge in [0.2, 0.25) is 5.91 Å². The van der Waals surface area contributed by atoms with Crippen molar-refractivity contribution in [2.45, 2.75) is 31.5 Å². The van der Waals surface area contributed by atoms with Gasteiger partial charge in [-0.1, -0.05) is 48.5 Å². The van der Waals surface area contributed by atoms with Crippen LogP contribution in [0.5, 0.6) is 5.75 Å². The van der Waals surface area contributed by atoms with Gasteiger partial charge in [0.05, 0.1) is 6.42 Å². The number of rotatable bonds is 7. The summed E-state index contributed by atoms with van der Waals surface area (Å²) in [4.78, 5) is 25.4. The van der Waals surface area contributed by atoms with Crippen molar-refractivity contribution in [1.82, 2.24) is 10.2 Å². The molecule has 0 aromatic heterocycles. The fraction of sp³-hybridized carbons (Fsp3) is 0.333. The highest BCUT2D eigenvalue weighted by molar-refractivity contribution is 5.80. The number of aliphatic carboxylic acids is 1. The molecule has 1 amide bonds. The van der Waals surface area contributed by atoms with E-state index in [0.717, 1.165) is 11.1 Å². The summed E-state index contributed by atoms with van der Waals surface area (Å²) in [7, 11) is 1.76.